The first-order chi connectivity index (χ1) is 13.7. The zero-order chi connectivity index (χ0) is 20.5. The smallest absolute Gasteiger partial charge is 0.114 e. The molecule has 0 bridgehead atoms. The Labute approximate surface area is 172 Å². The van der Waals surface area contributed by atoms with Gasteiger partial charge in [-0.05, 0) is 6.42 Å². The molecule has 0 radical (unpaired) electrons. The van der Waals surface area contributed by atoms with Gasteiger partial charge in [0.15, 0.2) is 0 Å². The van der Waals surface area contributed by atoms with Crippen molar-refractivity contribution in [3.63, 3.8) is 0 Å². The van der Waals surface area contributed by atoms with E-state index in [1.165, 1.54) is 83.5 Å². The third-order valence-electron chi connectivity index (χ3n) is 5.79. The summed E-state index contributed by atoms with van der Waals surface area (Å²) in [4.78, 5) is 0. The average Bonchev–Trinajstić information content (AvgIpc) is 3.07. The zero-order valence-electron chi connectivity index (χ0n) is 18.2. The van der Waals surface area contributed by atoms with Gasteiger partial charge in [0.1, 0.15) is 24.4 Å². The highest BCUT2D eigenvalue weighted by atomic mass is 16.6. The molecule has 1 heterocycles. The second-order valence-electron chi connectivity index (χ2n) is 8.40. The quantitative estimate of drug-likeness (QED) is 0.280. The van der Waals surface area contributed by atoms with E-state index in [1.54, 1.807) is 0 Å². The van der Waals surface area contributed by atoms with Crippen molar-refractivity contribution in [2.75, 3.05) is 19.8 Å². The van der Waals surface area contributed by atoms with Gasteiger partial charge >= 0.3 is 0 Å². The summed E-state index contributed by atoms with van der Waals surface area (Å²) in [5.41, 5.74) is 0. The Morgan fingerprint density at radius 2 is 1.29 bits per heavy atom. The molecule has 1 aliphatic heterocycles. The van der Waals surface area contributed by atoms with Crippen LogP contribution in [0.25, 0.3) is 0 Å². The number of ether oxygens (including phenoxy) is 2. The molecule has 168 valence electrons. The van der Waals surface area contributed by atoms with Gasteiger partial charge in [-0.3, -0.25) is 0 Å². The fourth-order valence-electron chi connectivity index (χ4n) is 3.95. The van der Waals surface area contributed by atoms with Crippen LogP contribution < -0.4 is 0 Å². The van der Waals surface area contributed by atoms with Gasteiger partial charge in [-0.25, -0.2) is 0 Å². The van der Waals surface area contributed by atoms with Crippen molar-refractivity contribution in [1.82, 2.24) is 0 Å². The molecule has 0 aromatic heterocycles. The summed E-state index contributed by atoms with van der Waals surface area (Å²) in [7, 11) is 0. The molecule has 3 N–H and O–H groups in total. The maximum absolute atomic E-state index is 9.89. The van der Waals surface area contributed by atoms with E-state index >= 15 is 0 Å². The molecule has 1 rings (SSSR count). The monoisotopic (exact) mass is 402 g/mol. The van der Waals surface area contributed by atoms with Gasteiger partial charge in [-0.1, -0.05) is 96.8 Å². The lowest BCUT2D eigenvalue weighted by Gasteiger charge is -2.23. The molecule has 0 spiro atoms. The van der Waals surface area contributed by atoms with Crippen molar-refractivity contribution in [3.05, 3.63) is 0 Å². The lowest BCUT2D eigenvalue weighted by atomic mass is 10.0. The van der Waals surface area contributed by atoms with Crippen LogP contribution in [0.15, 0.2) is 0 Å². The van der Waals surface area contributed by atoms with Gasteiger partial charge in [0.2, 0.25) is 0 Å². The van der Waals surface area contributed by atoms with Crippen LogP contribution in [0.2, 0.25) is 0 Å². The van der Waals surface area contributed by atoms with Crippen molar-refractivity contribution < 1.29 is 24.8 Å². The molecule has 5 nitrogen and oxygen atoms in total. The van der Waals surface area contributed by atoms with Gasteiger partial charge in [-0.2, -0.15) is 0 Å². The number of aliphatic hydroxyl groups excluding tert-OH is 3. The Morgan fingerprint density at radius 3 is 1.75 bits per heavy atom. The van der Waals surface area contributed by atoms with Crippen LogP contribution in [0.3, 0.4) is 0 Å². The minimum atomic E-state index is -0.997. The predicted octanol–water partition coefficient (Wildman–Crippen LogP) is 4.36. The molecular formula is C23H46O5. The Hall–Kier alpha value is -0.200. The normalized spacial score (nSPS) is 23.4. The average molecular weight is 403 g/mol. The van der Waals surface area contributed by atoms with E-state index in [0.29, 0.717) is 6.61 Å². The maximum Gasteiger partial charge on any atom is 0.114 e. The van der Waals surface area contributed by atoms with E-state index in [9.17, 15) is 10.2 Å². The highest BCUT2D eigenvalue weighted by Crippen LogP contribution is 2.21. The summed E-state index contributed by atoms with van der Waals surface area (Å²) < 4.78 is 11.0. The molecule has 1 saturated heterocycles. The first-order valence-electron chi connectivity index (χ1n) is 11.9. The van der Waals surface area contributed by atoms with Crippen LogP contribution in [-0.4, -0.2) is 59.6 Å². The Bertz CT molecular complexity index is 339. The second kappa shape index (κ2) is 17.6. The zero-order valence-corrected chi connectivity index (χ0v) is 18.2. The van der Waals surface area contributed by atoms with E-state index in [1.807, 2.05) is 0 Å². The van der Waals surface area contributed by atoms with Gasteiger partial charge < -0.3 is 24.8 Å². The van der Waals surface area contributed by atoms with E-state index in [-0.39, 0.29) is 13.2 Å². The molecule has 0 unspecified atom stereocenters. The summed E-state index contributed by atoms with van der Waals surface area (Å²) in [6, 6.07) is 0. The van der Waals surface area contributed by atoms with Crippen molar-refractivity contribution in [2.24, 2.45) is 0 Å². The fourth-order valence-corrected chi connectivity index (χ4v) is 3.95. The molecule has 0 saturated carbocycles. The molecule has 0 aliphatic carbocycles. The second-order valence-corrected chi connectivity index (χ2v) is 8.40. The summed E-state index contributed by atoms with van der Waals surface area (Å²) >= 11 is 0. The topological polar surface area (TPSA) is 79.2 Å². The minimum Gasteiger partial charge on any atom is -0.394 e. The van der Waals surface area contributed by atoms with Gasteiger partial charge in [0.05, 0.1) is 13.2 Å². The molecule has 5 heteroatoms. The summed E-state index contributed by atoms with van der Waals surface area (Å²) in [6.07, 6.45) is 17.0. The predicted molar refractivity (Wildman–Crippen MR) is 114 cm³/mol. The lowest BCUT2D eigenvalue weighted by Crippen LogP contribution is -2.42. The summed E-state index contributed by atoms with van der Waals surface area (Å²) in [5.74, 6) is 0. The number of hydrogen-bond donors (Lipinski definition) is 3. The molecule has 0 amide bonds. The van der Waals surface area contributed by atoms with E-state index in [4.69, 9.17) is 14.6 Å². The van der Waals surface area contributed by atoms with Gasteiger partial charge in [0.25, 0.3) is 0 Å². The van der Waals surface area contributed by atoms with Crippen LogP contribution >= 0.6 is 0 Å². The lowest BCUT2D eigenvalue weighted by molar-refractivity contribution is -0.0938. The van der Waals surface area contributed by atoms with Crippen LogP contribution in [-0.2, 0) is 9.47 Å². The van der Waals surface area contributed by atoms with Crippen molar-refractivity contribution >= 4 is 0 Å². The highest BCUT2D eigenvalue weighted by Gasteiger charge is 2.40. The van der Waals surface area contributed by atoms with Crippen LogP contribution in [0.4, 0.5) is 0 Å². The molecule has 0 aromatic rings. The molecule has 28 heavy (non-hydrogen) atoms. The van der Waals surface area contributed by atoms with Crippen LogP contribution in [0.5, 0.6) is 0 Å². The first-order valence-corrected chi connectivity index (χ1v) is 11.9. The Balaban J connectivity index is 1.84. The molecule has 1 aliphatic rings. The standard InChI is InChI=1S/C23H46O5/c1-2-3-4-5-6-7-8-9-10-11-12-13-14-15-16-17-27-23-21(26)19-28-22(23)20(25)18-24/h20-26H,2-19H2,1H3/t20-,21+,22+,23+/m0/s1. The minimum absolute atomic E-state index is 0.158. The first kappa shape index (κ1) is 25.8. The number of aliphatic hydroxyl groups is 3. The van der Waals surface area contributed by atoms with Crippen molar-refractivity contribution in [2.45, 2.75) is 128 Å². The van der Waals surface area contributed by atoms with Crippen LogP contribution in [0.1, 0.15) is 103 Å². The Morgan fingerprint density at radius 1 is 0.821 bits per heavy atom. The summed E-state index contributed by atoms with van der Waals surface area (Å²) in [6.45, 7) is 2.62. The Kier molecular flexibility index (Phi) is 16.3. The van der Waals surface area contributed by atoms with E-state index in [2.05, 4.69) is 6.92 Å². The number of rotatable bonds is 19. The van der Waals surface area contributed by atoms with Gasteiger partial charge in [-0.15, -0.1) is 0 Å². The van der Waals surface area contributed by atoms with Crippen LogP contribution in [0, 0.1) is 0 Å². The molecule has 0 aromatic carbocycles. The fraction of sp³-hybridized carbons (Fsp3) is 1.00. The van der Waals surface area contributed by atoms with Gasteiger partial charge in [0, 0.05) is 6.61 Å². The number of unbranched alkanes of at least 4 members (excludes halogenated alkanes) is 14. The number of hydrogen-bond acceptors (Lipinski definition) is 5. The largest absolute Gasteiger partial charge is 0.394 e. The van der Waals surface area contributed by atoms with Crippen molar-refractivity contribution in [3.8, 4) is 0 Å². The highest BCUT2D eigenvalue weighted by molar-refractivity contribution is 4.89. The third kappa shape index (κ3) is 11.7. The summed E-state index contributed by atoms with van der Waals surface area (Å²) in [5, 5.41) is 28.6. The third-order valence-corrected chi connectivity index (χ3v) is 5.79. The molecule has 4 atom stereocenters. The van der Waals surface area contributed by atoms with E-state index < -0.39 is 24.4 Å². The van der Waals surface area contributed by atoms with E-state index in [0.717, 1.165) is 12.8 Å². The molecular weight excluding hydrogens is 356 g/mol. The van der Waals surface area contributed by atoms with Crippen molar-refractivity contribution in [1.29, 1.82) is 0 Å². The maximum atomic E-state index is 9.89. The SMILES string of the molecule is CCCCCCCCCCCCCCCCCO[C@H]1[C@@H]([C@@H](O)CO)OC[C@H]1O. The molecule has 1 fully saturated rings.